The lowest BCUT2D eigenvalue weighted by Crippen LogP contribution is -2.18. The molecule has 0 radical (unpaired) electrons. The minimum absolute atomic E-state index is 0.354. The quantitative estimate of drug-likeness (QED) is 0.562. The molecule has 2 nitrogen and oxygen atoms in total. The van der Waals surface area contributed by atoms with Crippen molar-refractivity contribution in [2.45, 2.75) is 57.9 Å². The van der Waals surface area contributed by atoms with Crippen molar-refractivity contribution in [1.82, 2.24) is 5.32 Å². The van der Waals surface area contributed by atoms with Gasteiger partial charge >= 0.3 is 0 Å². The Morgan fingerprint density at radius 3 is 2.67 bits per heavy atom. The summed E-state index contributed by atoms with van der Waals surface area (Å²) in [6.07, 6.45) is 11.2. The molecule has 1 aliphatic rings. The van der Waals surface area contributed by atoms with Crippen molar-refractivity contribution in [3.63, 3.8) is 0 Å². The summed E-state index contributed by atoms with van der Waals surface area (Å²) < 4.78 is 5.75. The van der Waals surface area contributed by atoms with Crippen LogP contribution >= 0.6 is 0 Å². The molecule has 2 rings (SSSR count). The van der Waals surface area contributed by atoms with E-state index in [9.17, 15) is 0 Å². The third-order valence-electron chi connectivity index (χ3n) is 4.22. The van der Waals surface area contributed by atoms with Crippen molar-refractivity contribution >= 4 is 0 Å². The van der Waals surface area contributed by atoms with Gasteiger partial charge in [-0.2, -0.15) is 0 Å². The van der Waals surface area contributed by atoms with E-state index in [1.54, 1.807) is 5.57 Å². The smallest absolute Gasteiger partial charge is 0.119 e. The summed E-state index contributed by atoms with van der Waals surface area (Å²) in [4.78, 5) is 0. The molecule has 21 heavy (non-hydrogen) atoms. The van der Waals surface area contributed by atoms with Crippen molar-refractivity contribution < 1.29 is 4.74 Å². The zero-order valence-corrected chi connectivity index (χ0v) is 13.5. The normalized spacial score (nSPS) is 17.0. The zero-order chi connectivity index (χ0) is 14.9. The van der Waals surface area contributed by atoms with Gasteiger partial charge in [-0.3, -0.25) is 0 Å². The minimum Gasteiger partial charge on any atom is -0.494 e. The molecule has 0 aromatic heterocycles. The van der Waals surface area contributed by atoms with Gasteiger partial charge in [-0.25, -0.2) is 0 Å². The van der Waals surface area contributed by atoms with Gasteiger partial charge in [0.25, 0.3) is 0 Å². The van der Waals surface area contributed by atoms with Gasteiger partial charge in [0.1, 0.15) is 5.75 Å². The summed E-state index contributed by atoms with van der Waals surface area (Å²) in [5, 5.41) is 3.48. The summed E-state index contributed by atoms with van der Waals surface area (Å²) in [6.45, 7) is 3.00. The molecular formula is C19H29NO. The number of likely N-dealkylation sites (N-methyl/N-ethyl adjacent to an activating group) is 1. The Morgan fingerprint density at radius 1 is 1.14 bits per heavy atom. The number of nitrogens with one attached hydrogen (secondary N) is 1. The monoisotopic (exact) mass is 287 g/mol. The number of ether oxygens (including phenoxy) is 1. The topological polar surface area (TPSA) is 21.3 Å². The predicted octanol–water partition coefficient (Wildman–Crippen LogP) is 5.02. The lowest BCUT2D eigenvalue weighted by molar-refractivity contribution is 0.309. The number of benzene rings is 1. The molecule has 1 aromatic carbocycles. The largest absolute Gasteiger partial charge is 0.494 e. The average Bonchev–Trinajstić information content (AvgIpc) is 2.79. The second-order valence-corrected chi connectivity index (χ2v) is 5.87. The molecule has 1 aromatic rings. The summed E-state index contributed by atoms with van der Waals surface area (Å²) >= 11 is 0. The molecule has 0 saturated heterocycles. The Morgan fingerprint density at radius 2 is 1.95 bits per heavy atom. The van der Waals surface area contributed by atoms with E-state index in [0.29, 0.717) is 6.04 Å². The SMILES string of the molecule is CCCCOc1ccc(C(NC)C2=CCCCCC2)cc1. The van der Waals surface area contributed by atoms with E-state index in [-0.39, 0.29) is 0 Å². The maximum atomic E-state index is 5.75. The first kappa shape index (κ1) is 16.1. The molecule has 116 valence electrons. The van der Waals surface area contributed by atoms with Gasteiger partial charge in [0.15, 0.2) is 0 Å². The van der Waals surface area contributed by atoms with Crippen LogP contribution in [0.2, 0.25) is 0 Å². The average molecular weight is 287 g/mol. The van der Waals surface area contributed by atoms with E-state index < -0.39 is 0 Å². The molecule has 0 fully saturated rings. The maximum absolute atomic E-state index is 5.75. The van der Waals surface area contributed by atoms with Crippen molar-refractivity contribution in [3.05, 3.63) is 41.5 Å². The highest BCUT2D eigenvalue weighted by atomic mass is 16.5. The fourth-order valence-electron chi connectivity index (χ4n) is 2.96. The minimum atomic E-state index is 0.354. The molecule has 0 saturated carbocycles. The summed E-state index contributed by atoms with van der Waals surface area (Å²) in [5.74, 6) is 0.983. The van der Waals surface area contributed by atoms with Crippen LogP contribution < -0.4 is 10.1 Å². The summed E-state index contributed by atoms with van der Waals surface area (Å²) in [5.41, 5.74) is 2.89. The van der Waals surface area contributed by atoms with Gasteiger partial charge in [-0.05, 0) is 56.8 Å². The van der Waals surface area contributed by atoms with Gasteiger partial charge in [0.05, 0.1) is 12.6 Å². The van der Waals surface area contributed by atoms with Gasteiger partial charge in [-0.1, -0.05) is 43.5 Å². The number of allylic oxidation sites excluding steroid dienone is 1. The second-order valence-electron chi connectivity index (χ2n) is 5.87. The Bertz CT molecular complexity index is 435. The van der Waals surface area contributed by atoms with Crippen LogP contribution in [0.3, 0.4) is 0 Å². The highest BCUT2D eigenvalue weighted by Gasteiger charge is 2.15. The highest BCUT2D eigenvalue weighted by molar-refractivity contribution is 5.33. The third kappa shape index (κ3) is 4.89. The first-order valence-electron chi connectivity index (χ1n) is 8.44. The zero-order valence-electron chi connectivity index (χ0n) is 13.5. The molecule has 0 spiro atoms. The summed E-state index contributed by atoms with van der Waals surface area (Å²) in [6, 6.07) is 8.97. The van der Waals surface area contributed by atoms with E-state index in [0.717, 1.165) is 18.8 Å². The van der Waals surface area contributed by atoms with Crippen molar-refractivity contribution in [1.29, 1.82) is 0 Å². The van der Waals surface area contributed by atoms with Gasteiger partial charge in [0, 0.05) is 0 Å². The van der Waals surface area contributed by atoms with Crippen LogP contribution in [0.25, 0.3) is 0 Å². The van der Waals surface area contributed by atoms with E-state index in [1.165, 1.54) is 44.1 Å². The molecule has 1 N–H and O–H groups in total. The first-order valence-corrected chi connectivity index (χ1v) is 8.44. The van der Waals surface area contributed by atoms with Crippen LogP contribution in [0.4, 0.5) is 0 Å². The number of hydrogen-bond donors (Lipinski definition) is 1. The van der Waals surface area contributed by atoms with Crippen LogP contribution in [0.5, 0.6) is 5.75 Å². The van der Waals surface area contributed by atoms with Crippen LogP contribution in [-0.4, -0.2) is 13.7 Å². The molecule has 0 amide bonds. The van der Waals surface area contributed by atoms with Crippen molar-refractivity contribution in [2.24, 2.45) is 0 Å². The second kappa shape index (κ2) is 8.89. The fraction of sp³-hybridized carbons (Fsp3) is 0.579. The Kier molecular flexibility index (Phi) is 6.81. The molecule has 2 heteroatoms. The van der Waals surface area contributed by atoms with E-state index >= 15 is 0 Å². The van der Waals surface area contributed by atoms with Crippen molar-refractivity contribution in [3.8, 4) is 5.75 Å². The summed E-state index contributed by atoms with van der Waals surface area (Å²) in [7, 11) is 2.06. The molecule has 0 aliphatic heterocycles. The van der Waals surface area contributed by atoms with Crippen LogP contribution in [0.1, 0.15) is 63.5 Å². The van der Waals surface area contributed by atoms with E-state index in [4.69, 9.17) is 4.74 Å². The van der Waals surface area contributed by atoms with Crippen LogP contribution in [0, 0.1) is 0 Å². The molecule has 1 aliphatic carbocycles. The predicted molar refractivity (Wildman–Crippen MR) is 89.8 cm³/mol. The van der Waals surface area contributed by atoms with Crippen LogP contribution in [0.15, 0.2) is 35.9 Å². The Balaban J connectivity index is 2.02. The fourth-order valence-corrected chi connectivity index (χ4v) is 2.96. The van der Waals surface area contributed by atoms with Crippen LogP contribution in [-0.2, 0) is 0 Å². The molecule has 1 unspecified atom stereocenters. The number of rotatable bonds is 7. The van der Waals surface area contributed by atoms with E-state index in [2.05, 4.69) is 49.6 Å². The Labute approximate surface area is 129 Å². The lowest BCUT2D eigenvalue weighted by Gasteiger charge is -2.20. The third-order valence-corrected chi connectivity index (χ3v) is 4.22. The lowest BCUT2D eigenvalue weighted by atomic mass is 9.95. The first-order chi connectivity index (χ1) is 10.3. The Hall–Kier alpha value is -1.28. The van der Waals surface area contributed by atoms with E-state index in [1.807, 2.05) is 0 Å². The van der Waals surface area contributed by atoms with Crippen molar-refractivity contribution in [2.75, 3.05) is 13.7 Å². The molecule has 0 heterocycles. The van der Waals surface area contributed by atoms with Gasteiger partial charge in [0.2, 0.25) is 0 Å². The highest BCUT2D eigenvalue weighted by Crippen LogP contribution is 2.29. The molecule has 1 atom stereocenters. The molecule has 0 bridgehead atoms. The van der Waals surface area contributed by atoms with Gasteiger partial charge < -0.3 is 10.1 Å². The van der Waals surface area contributed by atoms with Gasteiger partial charge in [-0.15, -0.1) is 0 Å². The number of unbranched alkanes of at least 4 members (excludes halogenated alkanes) is 1. The standard InChI is InChI=1S/C19H29NO/c1-3-4-15-21-18-13-11-17(12-14-18)19(20-2)16-9-7-5-6-8-10-16/h9,11-14,19-20H,3-8,10,15H2,1-2H3. The number of hydrogen-bond acceptors (Lipinski definition) is 2. The maximum Gasteiger partial charge on any atom is 0.119 e. The molecular weight excluding hydrogens is 258 g/mol.